The maximum atomic E-state index is 13.4. The highest BCUT2D eigenvalue weighted by molar-refractivity contribution is 7.07. The lowest BCUT2D eigenvalue weighted by molar-refractivity contribution is -0.255. The van der Waals surface area contributed by atoms with Crippen molar-refractivity contribution in [1.29, 1.82) is 5.26 Å². The van der Waals surface area contributed by atoms with Gasteiger partial charge in [-0.15, -0.1) is 11.3 Å². The normalized spacial score (nSPS) is 12.2. The van der Waals surface area contributed by atoms with Gasteiger partial charge in [0.2, 0.25) is 0 Å². The molecule has 0 bridgehead atoms. The third-order valence-electron chi connectivity index (χ3n) is 5.14. The van der Waals surface area contributed by atoms with Crippen LogP contribution in [-0.4, -0.2) is 36.3 Å². The molecule has 1 aromatic heterocycles. The molecule has 0 aliphatic heterocycles. The number of methoxy groups -OCH3 is 1. The summed E-state index contributed by atoms with van der Waals surface area (Å²) in [4.78, 5) is 37.4. The Labute approximate surface area is 217 Å². The lowest BCUT2D eigenvalue weighted by Crippen LogP contribution is -2.34. The summed E-state index contributed by atoms with van der Waals surface area (Å²) in [6, 6.07) is 14.6. The first kappa shape index (κ1) is 27.4. The molecular formula is C27H26N3O6S-. The lowest BCUT2D eigenvalue weighted by atomic mass is 10.2. The number of hydrogen-bond acceptors (Lipinski definition) is 8. The van der Waals surface area contributed by atoms with Crippen LogP contribution in [-0.2, 0) is 16.1 Å². The number of benzene rings is 2. The van der Waals surface area contributed by atoms with Gasteiger partial charge in [0.25, 0.3) is 11.5 Å². The topological polar surface area (TPSA) is 133 Å². The minimum atomic E-state index is -1.34. The monoisotopic (exact) mass is 520 g/mol. The molecule has 2 aromatic carbocycles. The van der Waals surface area contributed by atoms with E-state index in [0.29, 0.717) is 34.6 Å². The summed E-state index contributed by atoms with van der Waals surface area (Å²) in [6.07, 6.45) is 2.12. The molecule has 3 rings (SSSR count). The standard InChI is InChI=1S/C27H27N3O6S/c1-17(2)36-22-8-5-4-7-19(22)15-23-25(32)30(13-6-14-35-3)26(37-23)21(16-28)24(31)29-20-11-9-18(10-12-20)27(33)34/h4-5,7-12,15,17H,6,13-14H2,1-3H3,(H,29,31)(H,33,34)/p-1/b23-15-,26-21-. The molecule has 0 aliphatic rings. The number of para-hydroxylation sites is 1. The van der Waals surface area contributed by atoms with Gasteiger partial charge in [0.05, 0.1) is 16.6 Å². The van der Waals surface area contributed by atoms with E-state index in [-0.39, 0.29) is 34.0 Å². The zero-order valence-electron chi connectivity index (χ0n) is 20.6. The van der Waals surface area contributed by atoms with E-state index in [2.05, 4.69) is 5.32 Å². The number of thiazole rings is 1. The molecule has 0 fully saturated rings. The predicted octanol–water partition coefficient (Wildman–Crippen LogP) is 1.24. The number of hydrogen-bond donors (Lipinski definition) is 1. The van der Waals surface area contributed by atoms with Gasteiger partial charge in [-0.25, -0.2) is 0 Å². The summed E-state index contributed by atoms with van der Waals surface area (Å²) in [6.45, 7) is 4.45. The average molecular weight is 521 g/mol. The second-order valence-corrected chi connectivity index (χ2v) is 9.26. The summed E-state index contributed by atoms with van der Waals surface area (Å²) in [7, 11) is 1.55. The Bertz CT molecular complexity index is 1500. The molecule has 37 heavy (non-hydrogen) atoms. The van der Waals surface area contributed by atoms with Crippen LogP contribution in [0.3, 0.4) is 0 Å². The van der Waals surface area contributed by atoms with Gasteiger partial charge in [0.1, 0.15) is 16.5 Å². The van der Waals surface area contributed by atoms with E-state index in [4.69, 9.17) is 9.47 Å². The van der Waals surface area contributed by atoms with Crippen molar-refractivity contribution in [2.75, 3.05) is 19.0 Å². The van der Waals surface area contributed by atoms with Crippen LogP contribution in [0.4, 0.5) is 5.69 Å². The van der Waals surface area contributed by atoms with Gasteiger partial charge in [-0.3, -0.25) is 14.2 Å². The number of nitriles is 1. The minimum absolute atomic E-state index is 0.0466. The third kappa shape index (κ3) is 6.94. The molecule has 0 aliphatic carbocycles. The minimum Gasteiger partial charge on any atom is -0.545 e. The molecule has 192 valence electrons. The second kappa shape index (κ2) is 12.7. The van der Waals surface area contributed by atoms with Crippen molar-refractivity contribution in [3.63, 3.8) is 0 Å². The lowest BCUT2D eigenvalue weighted by Gasteiger charge is -2.11. The number of anilines is 1. The zero-order valence-corrected chi connectivity index (χ0v) is 21.5. The van der Waals surface area contributed by atoms with Crippen LogP contribution in [0.2, 0.25) is 0 Å². The first-order chi connectivity index (χ1) is 17.7. The molecular weight excluding hydrogens is 494 g/mol. The quantitative estimate of drug-likeness (QED) is 0.398. The van der Waals surface area contributed by atoms with Crippen LogP contribution in [0.15, 0.2) is 53.3 Å². The molecule has 0 atom stereocenters. The van der Waals surface area contributed by atoms with E-state index in [1.807, 2.05) is 44.2 Å². The van der Waals surface area contributed by atoms with Gasteiger partial charge >= 0.3 is 0 Å². The Morgan fingerprint density at radius 2 is 1.89 bits per heavy atom. The molecule has 0 radical (unpaired) electrons. The highest BCUT2D eigenvalue weighted by Gasteiger charge is 2.17. The highest BCUT2D eigenvalue weighted by atomic mass is 32.1. The number of carbonyl (C=O) groups excluding carboxylic acids is 2. The van der Waals surface area contributed by atoms with E-state index < -0.39 is 11.9 Å². The SMILES string of the molecule is COCCCn1c(=O)/c(=C/c2ccccc2OC(C)C)s/c1=C(/C#N)C(=O)Nc1ccc(C(=O)[O-])cc1. The Morgan fingerprint density at radius 1 is 1.19 bits per heavy atom. The zero-order chi connectivity index (χ0) is 26.9. The third-order valence-corrected chi connectivity index (χ3v) is 6.27. The maximum absolute atomic E-state index is 13.4. The van der Waals surface area contributed by atoms with E-state index in [0.717, 1.165) is 11.3 Å². The van der Waals surface area contributed by atoms with Gasteiger partial charge < -0.3 is 24.7 Å². The second-order valence-electron chi connectivity index (χ2n) is 8.23. The van der Waals surface area contributed by atoms with Crippen LogP contribution in [0.1, 0.15) is 36.2 Å². The molecule has 9 nitrogen and oxygen atoms in total. The number of ether oxygens (including phenoxy) is 2. The Balaban J connectivity index is 2.12. The van der Waals surface area contributed by atoms with Crippen molar-refractivity contribution in [2.45, 2.75) is 32.9 Å². The number of nitrogens with one attached hydrogen (secondary N) is 1. The van der Waals surface area contributed by atoms with Crippen molar-refractivity contribution >= 4 is 40.5 Å². The first-order valence-electron chi connectivity index (χ1n) is 11.5. The summed E-state index contributed by atoms with van der Waals surface area (Å²) >= 11 is 1.04. The fourth-order valence-corrected chi connectivity index (χ4v) is 4.57. The Hall–Kier alpha value is -4.20. The number of aromatic carboxylic acids is 1. The number of carboxylic acid groups (broad SMARTS) is 1. The largest absolute Gasteiger partial charge is 0.545 e. The molecule has 1 N–H and O–H groups in total. The molecule has 0 spiro atoms. The smallest absolute Gasteiger partial charge is 0.269 e. The van der Waals surface area contributed by atoms with Gasteiger partial charge in [-0.05, 0) is 50.1 Å². The van der Waals surface area contributed by atoms with E-state index in [1.165, 1.54) is 28.8 Å². The number of rotatable bonds is 10. The fraction of sp³-hybridized carbons (Fsp3) is 0.259. The van der Waals surface area contributed by atoms with Crippen molar-refractivity contribution in [3.05, 3.63) is 79.2 Å². The van der Waals surface area contributed by atoms with Crippen LogP contribution < -0.4 is 29.9 Å². The van der Waals surface area contributed by atoms with Crippen molar-refractivity contribution < 1.29 is 24.2 Å². The van der Waals surface area contributed by atoms with Crippen molar-refractivity contribution in [3.8, 4) is 11.8 Å². The van der Waals surface area contributed by atoms with Gasteiger partial charge in [0, 0.05) is 31.5 Å². The predicted molar refractivity (Wildman–Crippen MR) is 139 cm³/mol. The first-order valence-corrected chi connectivity index (χ1v) is 12.3. The Morgan fingerprint density at radius 3 is 2.51 bits per heavy atom. The van der Waals surface area contributed by atoms with Crippen molar-refractivity contribution in [2.24, 2.45) is 0 Å². The van der Waals surface area contributed by atoms with Crippen molar-refractivity contribution in [1.82, 2.24) is 4.57 Å². The van der Waals surface area contributed by atoms with Crippen LogP contribution >= 0.6 is 11.3 Å². The summed E-state index contributed by atoms with van der Waals surface area (Å²) < 4.78 is 12.9. The molecule has 10 heteroatoms. The molecule has 0 saturated heterocycles. The van der Waals surface area contributed by atoms with Gasteiger partial charge in [0.15, 0.2) is 5.57 Å². The molecule has 3 aromatic rings. The number of aromatic nitrogens is 1. The molecule has 1 amide bonds. The van der Waals surface area contributed by atoms with Crippen LogP contribution in [0.25, 0.3) is 11.6 Å². The average Bonchev–Trinajstić information content (AvgIpc) is 3.15. The van der Waals surface area contributed by atoms with Gasteiger partial charge in [-0.2, -0.15) is 5.26 Å². The van der Waals surface area contributed by atoms with Crippen LogP contribution in [0, 0.1) is 11.3 Å². The number of amides is 1. The Kier molecular flexibility index (Phi) is 9.38. The number of carboxylic acids is 1. The highest BCUT2D eigenvalue weighted by Crippen LogP contribution is 2.20. The number of carbonyl (C=O) groups is 2. The molecule has 1 heterocycles. The maximum Gasteiger partial charge on any atom is 0.269 e. The van der Waals surface area contributed by atoms with Gasteiger partial charge in [-0.1, -0.05) is 30.3 Å². The summed E-state index contributed by atoms with van der Waals surface area (Å²) in [5.41, 5.74) is 0.360. The van der Waals surface area contributed by atoms with Crippen LogP contribution in [0.5, 0.6) is 5.75 Å². The van der Waals surface area contributed by atoms with E-state index >= 15 is 0 Å². The molecule has 0 saturated carbocycles. The molecule has 0 unspecified atom stereocenters. The summed E-state index contributed by atoms with van der Waals surface area (Å²) in [5, 5.41) is 23.4. The fourth-order valence-electron chi connectivity index (χ4n) is 3.46. The number of nitrogens with zero attached hydrogens (tertiary/aromatic N) is 2. The van der Waals surface area contributed by atoms with E-state index in [1.54, 1.807) is 13.2 Å². The van der Waals surface area contributed by atoms with E-state index in [9.17, 15) is 24.8 Å². The summed E-state index contributed by atoms with van der Waals surface area (Å²) in [5.74, 6) is -1.45.